The number of carbonyl (C=O) groups excluding carboxylic acids is 2. The fraction of sp³-hybridized carbons (Fsp3) is 0.263. The molecular weight excluding hydrogens is 370 g/mol. The lowest BCUT2D eigenvalue weighted by Gasteiger charge is -2.27. The van der Waals surface area contributed by atoms with E-state index >= 15 is 0 Å². The van der Waals surface area contributed by atoms with E-state index in [1.807, 2.05) is 0 Å². The number of rotatable bonds is 4. The predicted octanol–water partition coefficient (Wildman–Crippen LogP) is 4.13. The van der Waals surface area contributed by atoms with E-state index in [1.54, 1.807) is 17.0 Å². The fourth-order valence-electron chi connectivity index (χ4n) is 3.00. The van der Waals surface area contributed by atoms with Crippen molar-refractivity contribution < 1.29 is 14.5 Å². The highest BCUT2D eigenvalue weighted by atomic mass is 35.5. The molecule has 7 nitrogen and oxygen atoms in total. The second kappa shape index (κ2) is 8.18. The van der Waals surface area contributed by atoms with Crippen molar-refractivity contribution in [3.63, 3.8) is 0 Å². The van der Waals surface area contributed by atoms with Gasteiger partial charge in [-0.05, 0) is 43.5 Å². The van der Waals surface area contributed by atoms with Crippen molar-refractivity contribution in [3.05, 3.63) is 68.7 Å². The van der Waals surface area contributed by atoms with Crippen LogP contribution in [0.4, 0.5) is 11.4 Å². The maximum absolute atomic E-state index is 12.6. The van der Waals surface area contributed by atoms with Crippen LogP contribution in [0.2, 0.25) is 5.02 Å². The van der Waals surface area contributed by atoms with E-state index in [9.17, 15) is 19.7 Å². The molecule has 1 aliphatic heterocycles. The molecule has 0 aromatic heterocycles. The zero-order chi connectivity index (χ0) is 19.4. The molecule has 140 valence electrons. The number of carbonyl (C=O) groups is 2. The minimum atomic E-state index is -0.561. The predicted molar refractivity (Wildman–Crippen MR) is 102 cm³/mol. The van der Waals surface area contributed by atoms with Crippen molar-refractivity contribution in [3.8, 4) is 0 Å². The second-order valence-electron chi connectivity index (χ2n) is 6.31. The second-order valence-corrected chi connectivity index (χ2v) is 6.72. The molecule has 2 aromatic carbocycles. The third-order valence-corrected chi connectivity index (χ3v) is 4.73. The van der Waals surface area contributed by atoms with Gasteiger partial charge in [-0.1, -0.05) is 17.7 Å². The minimum Gasteiger partial charge on any atom is -0.339 e. The Kier molecular flexibility index (Phi) is 5.71. The van der Waals surface area contributed by atoms with Crippen LogP contribution < -0.4 is 5.32 Å². The monoisotopic (exact) mass is 387 g/mol. The molecule has 0 unspecified atom stereocenters. The third kappa shape index (κ3) is 4.43. The quantitative estimate of drug-likeness (QED) is 0.630. The number of hydrogen-bond donors (Lipinski definition) is 1. The summed E-state index contributed by atoms with van der Waals surface area (Å²) in [6.07, 6.45) is 3.10. The first-order valence-electron chi connectivity index (χ1n) is 8.60. The van der Waals surface area contributed by atoms with Gasteiger partial charge in [0.05, 0.1) is 15.5 Å². The zero-order valence-corrected chi connectivity index (χ0v) is 15.2. The Labute approximate surface area is 161 Å². The van der Waals surface area contributed by atoms with Crippen LogP contribution >= 0.6 is 11.6 Å². The topological polar surface area (TPSA) is 92.6 Å². The molecule has 1 fully saturated rings. The molecule has 0 saturated carbocycles. The molecule has 0 radical (unpaired) electrons. The van der Waals surface area contributed by atoms with Crippen molar-refractivity contribution in [2.75, 3.05) is 18.4 Å². The minimum absolute atomic E-state index is 0.115. The summed E-state index contributed by atoms with van der Waals surface area (Å²) < 4.78 is 0. The Morgan fingerprint density at radius 3 is 2.48 bits per heavy atom. The Morgan fingerprint density at radius 1 is 1.07 bits per heavy atom. The maximum Gasteiger partial charge on any atom is 0.270 e. The van der Waals surface area contributed by atoms with Crippen LogP contribution in [-0.4, -0.2) is 34.7 Å². The average molecular weight is 388 g/mol. The molecule has 2 aromatic rings. The Bertz CT molecular complexity index is 894. The van der Waals surface area contributed by atoms with E-state index < -0.39 is 10.8 Å². The van der Waals surface area contributed by atoms with E-state index in [4.69, 9.17) is 11.6 Å². The first kappa shape index (κ1) is 18.8. The molecule has 1 heterocycles. The smallest absolute Gasteiger partial charge is 0.270 e. The fourth-order valence-corrected chi connectivity index (χ4v) is 3.26. The summed E-state index contributed by atoms with van der Waals surface area (Å²) in [5.74, 6) is -0.610. The molecule has 0 spiro atoms. The molecule has 0 aliphatic carbocycles. The summed E-state index contributed by atoms with van der Waals surface area (Å²) >= 11 is 6.25. The van der Waals surface area contributed by atoms with Gasteiger partial charge in [-0.25, -0.2) is 0 Å². The number of nitro benzene ring substituents is 1. The van der Waals surface area contributed by atoms with Gasteiger partial charge in [0.15, 0.2) is 0 Å². The number of non-ortho nitro benzene ring substituents is 1. The van der Waals surface area contributed by atoms with Crippen LogP contribution in [0.3, 0.4) is 0 Å². The van der Waals surface area contributed by atoms with Crippen molar-refractivity contribution in [2.45, 2.75) is 19.3 Å². The number of likely N-dealkylation sites (tertiary alicyclic amines) is 1. The van der Waals surface area contributed by atoms with Crippen LogP contribution in [0.1, 0.15) is 40.0 Å². The maximum atomic E-state index is 12.6. The normalized spacial score (nSPS) is 13.9. The van der Waals surface area contributed by atoms with E-state index in [-0.39, 0.29) is 22.2 Å². The van der Waals surface area contributed by atoms with Crippen molar-refractivity contribution >= 4 is 34.8 Å². The third-order valence-electron chi connectivity index (χ3n) is 4.42. The molecular formula is C19H18ClN3O4. The van der Waals surface area contributed by atoms with Gasteiger partial charge in [0, 0.05) is 36.5 Å². The molecule has 8 heteroatoms. The lowest BCUT2D eigenvalue weighted by Crippen LogP contribution is -2.35. The molecule has 0 atom stereocenters. The lowest BCUT2D eigenvalue weighted by atomic mass is 10.1. The van der Waals surface area contributed by atoms with Gasteiger partial charge in [0.1, 0.15) is 0 Å². The van der Waals surface area contributed by atoms with Crippen molar-refractivity contribution in [2.24, 2.45) is 0 Å². The van der Waals surface area contributed by atoms with Crippen molar-refractivity contribution in [1.82, 2.24) is 4.90 Å². The molecule has 3 rings (SSSR count). The van der Waals surface area contributed by atoms with E-state index in [0.717, 1.165) is 32.4 Å². The highest BCUT2D eigenvalue weighted by Crippen LogP contribution is 2.24. The number of hydrogen-bond acceptors (Lipinski definition) is 4. The van der Waals surface area contributed by atoms with Gasteiger partial charge in [0.25, 0.3) is 17.5 Å². The molecule has 27 heavy (non-hydrogen) atoms. The van der Waals surface area contributed by atoms with E-state index in [0.29, 0.717) is 11.3 Å². The van der Waals surface area contributed by atoms with Crippen LogP contribution in [0.5, 0.6) is 0 Å². The number of halogens is 1. The van der Waals surface area contributed by atoms with Gasteiger partial charge in [0.2, 0.25) is 0 Å². The lowest BCUT2D eigenvalue weighted by molar-refractivity contribution is -0.384. The Balaban J connectivity index is 1.73. The van der Waals surface area contributed by atoms with Crippen molar-refractivity contribution in [1.29, 1.82) is 0 Å². The number of amides is 2. The highest BCUT2D eigenvalue weighted by molar-refractivity contribution is 6.34. The van der Waals surface area contributed by atoms with Gasteiger partial charge < -0.3 is 10.2 Å². The zero-order valence-electron chi connectivity index (χ0n) is 14.5. The molecule has 1 saturated heterocycles. The van der Waals surface area contributed by atoms with Crippen LogP contribution in [0.15, 0.2) is 42.5 Å². The van der Waals surface area contributed by atoms with Gasteiger partial charge in [-0.2, -0.15) is 0 Å². The van der Waals surface area contributed by atoms with E-state index in [2.05, 4.69) is 5.32 Å². The summed E-state index contributed by atoms with van der Waals surface area (Å²) in [4.78, 5) is 36.9. The Morgan fingerprint density at radius 2 is 1.81 bits per heavy atom. The molecule has 0 bridgehead atoms. The van der Waals surface area contributed by atoms with Gasteiger partial charge in [-0.3, -0.25) is 19.7 Å². The standard InChI is InChI=1S/C19H18ClN3O4/c20-17-12-14(7-8-16(17)19(25)22-9-2-1-3-10-22)21-18(24)13-5-4-6-15(11-13)23(26)27/h4-8,11-12H,1-3,9-10H2,(H,21,24). The summed E-state index contributed by atoms with van der Waals surface area (Å²) in [6, 6.07) is 10.1. The van der Waals surface area contributed by atoms with Gasteiger partial charge >= 0.3 is 0 Å². The molecule has 1 aliphatic rings. The van der Waals surface area contributed by atoms with Crippen LogP contribution in [-0.2, 0) is 0 Å². The largest absolute Gasteiger partial charge is 0.339 e. The number of nitrogens with zero attached hydrogens (tertiary/aromatic N) is 2. The molecule has 2 amide bonds. The SMILES string of the molecule is O=C(Nc1ccc(C(=O)N2CCCCC2)c(Cl)c1)c1cccc([N+](=O)[O-])c1. The number of benzene rings is 2. The number of nitrogens with one attached hydrogen (secondary N) is 1. The van der Waals surface area contributed by atoms with Gasteiger partial charge in [-0.15, -0.1) is 0 Å². The highest BCUT2D eigenvalue weighted by Gasteiger charge is 2.21. The summed E-state index contributed by atoms with van der Waals surface area (Å²) in [5, 5.41) is 13.7. The average Bonchev–Trinajstić information content (AvgIpc) is 2.68. The summed E-state index contributed by atoms with van der Waals surface area (Å²) in [5.41, 5.74) is 0.801. The van der Waals surface area contributed by atoms with Crippen LogP contribution in [0.25, 0.3) is 0 Å². The number of anilines is 1. The molecule has 1 N–H and O–H groups in total. The summed E-state index contributed by atoms with van der Waals surface area (Å²) in [7, 11) is 0. The van der Waals surface area contributed by atoms with Crippen LogP contribution in [0, 0.1) is 10.1 Å². The summed E-state index contributed by atoms with van der Waals surface area (Å²) in [6.45, 7) is 1.45. The van der Waals surface area contributed by atoms with E-state index in [1.165, 1.54) is 30.3 Å². The number of piperidine rings is 1. The first-order valence-corrected chi connectivity index (χ1v) is 8.98. The number of nitro groups is 1. The first-order chi connectivity index (χ1) is 13.0. The Hall–Kier alpha value is -2.93.